The molecule has 1 atom stereocenters. The molecule has 0 saturated carbocycles. The minimum atomic E-state index is -4.32. The fourth-order valence-electron chi connectivity index (χ4n) is 2.37. The molecule has 1 aromatic heterocycles. The van der Waals surface area contributed by atoms with Crippen molar-refractivity contribution in [3.63, 3.8) is 0 Å². The van der Waals surface area contributed by atoms with Crippen LogP contribution in [0.4, 0.5) is 13.2 Å². The van der Waals surface area contributed by atoms with Crippen LogP contribution in [0.15, 0.2) is 34.7 Å². The number of aryl methyl sites for hydroxylation is 2. The Labute approximate surface area is 122 Å². The van der Waals surface area contributed by atoms with Gasteiger partial charge in [0.2, 0.25) is 0 Å². The van der Waals surface area contributed by atoms with Crippen LogP contribution in [0.3, 0.4) is 0 Å². The molecule has 0 amide bonds. The Kier molecular flexibility index (Phi) is 4.42. The summed E-state index contributed by atoms with van der Waals surface area (Å²) in [5, 5.41) is 3.10. The van der Waals surface area contributed by atoms with E-state index in [9.17, 15) is 13.2 Å². The third-order valence-electron chi connectivity index (χ3n) is 3.51. The van der Waals surface area contributed by atoms with Crippen molar-refractivity contribution in [3.05, 3.63) is 58.5 Å². The van der Waals surface area contributed by atoms with Crippen molar-refractivity contribution in [1.29, 1.82) is 0 Å². The molecule has 5 heteroatoms. The maximum Gasteiger partial charge on any atom is 0.416 e. The first-order chi connectivity index (χ1) is 9.86. The highest BCUT2D eigenvalue weighted by molar-refractivity contribution is 5.38. The summed E-state index contributed by atoms with van der Waals surface area (Å²) in [4.78, 5) is 0. The zero-order valence-electron chi connectivity index (χ0n) is 12.2. The molecule has 1 N–H and O–H groups in total. The summed E-state index contributed by atoms with van der Waals surface area (Å²) in [6.07, 6.45) is -3.54. The summed E-state index contributed by atoms with van der Waals surface area (Å²) in [7, 11) is 1.76. The van der Waals surface area contributed by atoms with Gasteiger partial charge < -0.3 is 9.73 Å². The van der Waals surface area contributed by atoms with Gasteiger partial charge in [0.15, 0.2) is 0 Å². The molecule has 2 aromatic rings. The number of halogens is 3. The van der Waals surface area contributed by atoms with E-state index >= 15 is 0 Å². The highest BCUT2D eigenvalue weighted by Gasteiger charge is 2.31. The maximum absolute atomic E-state index is 12.7. The lowest BCUT2D eigenvalue weighted by Crippen LogP contribution is -2.18. The summed E-state index contributed by atoms with van der Waals surface area (Å²) < 4.78 is 43.9. The minimum absolute atomic E-state index is 0.257. The van der Waals surface area contributed by atoms with Gasteiger partial charge in [0.1, 0.15) is 11.5 Å². The van der Waals surface area contributed by atoms with Gasteiger partial charge in [-0.15, -0.1) is 0 Å². The van der Waals surface area contributed by atoms with Gasteiger partial charge in [-0.2, -0.15) is 13.2 Å². The van der Waals surface area contributed by atoms with Crippen molar-refractivity contribution in [2.75, 3.05) is 7.05 Å². The number of benzene rings is 1. The predicted octanol–water partition coefficient (Wildman–Crippen LogP) is 4.48. The summed E-state index contributed by atoms with van der Waals surface area (Å²) in [6.45, 7) is 3.67. The van der Waals surface area contributed by atoms with Gasteiger partial charge in [-0.05, 0) is 49.4 Å². The summed E-state index contributed by atoms with van der Waals surface area (Å²) >= 11 is 0. The SMILES string of the molecule is CCc1ccc(C(NC)c2ccc(C(F)(F)F)cc2C)o1. The second kappa shape index (κ2) is 5.93. The highest BCUT2D eigenvalue weighted by Crippen LogP contribution is 2.33. The molecular formula is C16H18F3NO. The normalized spacial score (nSPS) is 13.4. The van der Waals surface area contributed by atoms with Crippen molar-refractivity contribution in [2.24, 2.45) is 0 Å². The van der Waals surface area contributed by atoms with Crippen molar-refractivity contribution >= 4 is 0 Å². The van der Waals surface area contributed by atoms with Crippen LogP contribution in [-0.2, 0) is 12.6 Å². The zero-order chi connectivity index (χ0) is 15.6. The molecule has 0 saturated heterocycles. The predicted molar refractivity (Wildman–Crippen MR) is 75.2 cm³/mol. The number of alkyl halides is 3. The molecule has 0 bridgehead atoms. The van der Waals surface area contributed by atoms with Crippen LogP contribution in [0.2, 0.25) is 0 Å². The lowest BCUT2D eigenvalue weighted by Gasteiger charge is -2.18. The molecule has 1 heterocycles. The summed E-state index contributed by atoms with van der Waals surface area (Å²) in [5.74, 6) is 1.56. The Hall–Kier alpha value is -1.75. The molecule has 0 aliphatic rings. The standard InChI is InChI=1S/C16H18F3NO/c1-4-12-6-8-14(21-12)15(20-3)13-7-5-11(9-10(13)2)16(17,18)19/h5-9,15,20H,4H2,1-3H3. The van der Waals surface area contributed by atoms with E-state index in [0.29, 0.717) is 11.3 Å². The first-order valence-electron chi connectivity index (χ1n) is 6.80. The Morgan fingerprint density at radius 1 is 1.19 bits per heavy atom. The highest BCUT2D eigenvalue weighted by atomic mass is 19.4. The molecule has 0 aliphatic heterocycles. The van der Waals surface area contributed by atoms with E-state index in [1.54, 1.807) is 14.0 Å². The second-order valence-corrected chi connectivity index (χ2v) is 4.95. The second-order valence-electron chi connectivity index (χ2n) is 4.95. The lowest BCUT2D eigenvalue weighted by molar-refractivity contribution is -0.137. The molecular weight excluding hydrogens is 279 g/mol. The minimum Gasteiger partial charge on any atom is -0.464 e. The van der Waals surface area contributed by atoms with E-state index in [4.69, 9.17) is 4.42 Å². The molecule has 1 unspecified atom stereocenters. The molecule has 0 spiro atoms. The smallest absolute Gasteiger partial charge is 0.416 e. The molecule has 0 fully saturated rings. The van der Waals surface area contributed by atoms with E-state index in [-0.39, 0.29) is 6.04 Å². The van der Waals surface area contributed by atoms with E-state index in [1.165, 1.54) is 12.1 Å². The lowest BCUT2D eigenvalue weighted by atomic mass is 9.97. The number of hydrogen-bond donors (Lipinski definition) is 1. The van der Waals surface area contributed by atoms with Crippen LogP contribution in [0.5, 0.6) is 0 Å². The van der Waals surface area contributed by atoms with Gasteiger partial charge in [0.05, 0.1) is 11.6 Å². The molecule has 114 valence electrons. The van der Waals surface area contributed by atoms with Crippen LogP contribution in [-0.4, -0.2) is 7.05 Å². The molecule has 2 rings (SSSR count). The number of hydrogen-bond acceptors (Lipinski definition) is 2. The third kappa shape index (κ3) is 3.29. The van der Waals surface area contributed by atoms with Gasteiger partial charge in [-0.1, -0.05) is 13.0 Å². The van der Waals surface area contributed by atoms with Gasteiger partial charge in [0, 0.05) is 6.42 Å². The van der Waals surface area contributed by atoms with Crippen molar-refractivity contribution in [1.82, 2.24) is 5.32 Å². The van der Waals surface area contributed by atoms with Crippen LogP contribution in [0, 0.1) is 6.92 Å². The van der Waals surface area contributed by atoms with Gasteiger partial charge in [0.25, 0.3) is 0 Å². The average Bonchev–Trinajstić information content (AvgIpc) is 2.89. The van der Waals surface area contributed by atoms with Crippen LogP contribution in [0.25, 0.3) is 0 Å². The zero-order valence-corrected chi connectivity index (χ0v) is 12.2. The Morgan fingerprint density at radius 2 is 1.90 bits per heavy atom. The van der Waals surface area contributed by atoms with E-state index < -0.39 is 11.7 Å². The Morgan fingerprint density at radius 3 is 2.38 bits per heavy atom. The maximum atomic E-state index is 12.7. The first-order valence-corrected chi connectivity index (χ1v) is 6.80. The largest absolute Gasteiger partial charge is 0.464 e. The van der Waals surface area contributed by atoms with Crippen LogP contribution >= 0.6 is 0 Å². The molecule has 21 heavy (non-hydrogen) atoms. The fraction of sp³-hybridized carbons (Fsp3) is 0.375. The van der Waals surface area contributed by atoms with E-state index in [0.717, 1.165) is 23.8 Å². The molecule has 0 aliphatic carbocycles. The number of furan rings is 1. The van der Waals surface area contributed by atoms with Crippen LogP contribution in [0.1, 0.15) is 41.2 Å². The van der Waals surface area contributed by atoms with Gasteiger partial charge in [-0.3, -0.25) is 0 Å². The summed E-state index contributed by atoms with van der Waals surface area (Å²) in [6, 6.07) is 7.27. The third-order valence-corrected chi connectivity index (χ3v) is 3.51. The fourth-order valence-corrected chi connectivity index (χ4v) is 2.37. The van der Waals surface area contributed by atoms with E-state index in [2.05, 4.69) is 5.32 Å². The van der Waals surface area contributed by atoms with E-state index in [1.807, 2.05) is 19.1 Å². The van der Waals surface area contributed by atoms with Crippen LogP contribution < -0.4 is 5.32 Å². The first kappa shape index (κ1) is 15.6. The number of rotatable bonds is 4. The summed E-state index contributed by atoms with van der Waals surface area (Å²) in [5.41, 5.74) is 0.730. The topological polar surface area (TPSA) is 25.2 Å². The molecule has 0 radical (unpaired) electrons. The van der Waals surface area contributed by atoms with Gasteiger partial charge in [-0.25, -0.2) is 0 Å². The monoisotopic (exact) mass is 297 g/mol. The quantitative estimate of drug-likeness (QED) is 0.900. The molecule has 2 nitrogen and oxygen atoms in total. The Bertz CT molecular complexity index is 616. The van der Waals surface area contributed by atoms with Crippen molar-refractivity contribution in [3.8, 4) is 0 Å². The average molecular weight is 297 g/mol. The van der Waals surface area contributed by atoms with Crippen molar-refractivity contribution < 1.29 is 17.6 Å². The van der Waals surface area contributed by atoms with Crippen molar-refractivity contribution in [2.45, 2.75) is 32.5 Å². The molecule has 1 aromatic carbocycles. The Balaban J connectivity index is 2.39. The number of nitrogens with one attached hydrogen (secondary N) is 1. The van der Waals surface area contributed by atoms with Gasteiger partial charge >= 0.3 is 6.18 Å².